The number of aldehydes is 1. The van der Waals surface area contributed by atoms with Crippen LogP contribution in [0.3, 0.4) is 0 Å². The van der Waals surface area contributed by atoms with Crippen LogP contribution in [0, 0.1) is 3.57 Å². The molecular formula is C26H35IN2O8. The number of aliphatic hydroxyl groups excluding tert-OH is 2. The molecule has 0 aromatic heterocycles. The minimum atomic E-state index is -1.15. The summed E-state index contributed by atoms with van der Waals surface area (Å²) in [5, 5.41) is 23.4. The van der Waals surface area contributed by atoms with E-state index in [1.54, 1.807) is 17.0 Å². The summed E-state index contributed by atoms with van der Waals surface area (Å²) in [6.07, 6.45) is 4.89. The molecule has 2 aliphatic carbocycles. The van der Waals surface area contributed by atoms with E-state index in [4.69, 9.17) is 14.2 Å². The van der Waals surface area contributed by atoms with Crippen LogP contribution in [0.1, 0.15) is 48.9 Å². The maximum Gasteiger partial charge on any atom is 0.249 e. The van der Waals surface area contributed by atoms with Gasteiger partial charge >= 0.3 is 0 Å². The number of rotatable bonds is 11. The lowest BCUT2D eigenvalue weighted by Gasteiger charge is -2.45. The van der Waals surface area contributed by atoms with Crippen molar-refractivity contribution in [2.24, 2.45) is 0 Å². The lowest BCUT2D eigenvalue weighted by Crippen LogP contribution is -2.59. The third-order valence-electron chi connectivity index (χ3n) is 6.74. The fraction of sp³-hybridized carbons (Fsp3) is 0.577. The highest BCUT2D eigenvalue weighted by Gasteiger charge is 2.43. The van der Waals surface area contributed by atoms with Crippen LogP contribution in [0.4, 0.5) is 0 Å². The van der Waals surface area contributed by atoms with Crippen molar-refractivity contribution in [1.82, 2.24) is 10.2 Å². The number of nitrogens with one attached hydrogen (secondary N) is 1. The molecule has 1 aromatic carbocycles. The first-order valence-electron chi connectivity index (χ1n) is 12.4. The molecule has 11 heteroatoms. The van der Waals surface area contributed by atoms with E-state index >= 15 is 0 Å². The van der Waals surface area contributed by atoms with Gasteiger partial charge in [-0.1, -0.05) is 19.3 Å². The molecule has 3 N–H and O–H groups in total. The second-order valence-corrected chi connectivity index (χ2v) is 10.4. The first-order chi connectivity index (χ1) is 17.8. The number of halogens is 1. The highest BCUT2D eigenvalue weighted by Crippen LogP contribution is 2.38. The summed E-state index contributed by atoms with van der Waals surface area (Å²) in [6.45, 7) is -0.285. The van der Waals surface area contributed by atoms with Crippen molar-refractivity contribution in [3.8, 4) is 11.5 Å². The Morgan fingerprint density at radius 3 is 2.57 bits per heavy atom. The highest BCUT2D eigenvalue weighted by atomic mass is 127. The lowest BCUT2D eigenvalue weighted by atomic mass is 9.85. The molecule has 2 aliphatic rings. The first-order valence-corrected chi connectivity index (χ1v) is 13.5. The standard InChI is InChI=1S/C26H35IN2O8/c1-35-15-23(32)29(18-6-4-3-5-7-18)20-12-17(26(34)28-8-9-30)13-21(24(20)33)37-25-19(27)10-16(14-31)11-22(25)36-2/h10-11,13-14,18,20-21,24,30,33H,3-9,12,15H2,1-2H3,(H,28,34). The van der Waals surface area contributed by atoms with Gasteiger partial charge in [0.05, 0.1) is 23.3 Å². The van der Waals surface area contributed by atoms with Gasteiger partial charge in [0.15, 0.2) is 11.5 Å². The van der Waals surface area contributed by atoms with Gasteiger partial charge in [-0.25, -0.2) is 0 Å². The van der Waals surface area contributed by atoms with Gasteiger partial charge in [0.2, 0.25) is 11.8 Å². The number of benzene rings is 1. The zero-order chi connectivity index (χ0) is 26.9. The molecule has 0 aliphatic heterocycles. The maximum atomic E-state index is 13.3. The molecular weight excluding hydrogens is 595 g/mol. The van der Waals surface area contributed by atoms with Crippen LogP contribution in [-0.4, -0.2) is 91.5 Å². The Balaban J connectivity index is 2.01. The monoisotopic (exact) mass is 630 g/mol. The quantitative estimate of drug-likeness (QED) is 0.249. The van der Waals surface area contributed by atoms with Gasteiger partial charge in [0, 0.05) is 37.3 Å². The maximum absolute atomic E-state index is 13.3. The highest BCUT2D eigenvalue weighted by molar-refractivity contribution is 14.1. The summed E-state index contributed by atoms with van der Waals surface area (Å²) in [5.74, 6) is -0.0307. The van der Waals surface area contributed by atoms with Gasteiger partial charge in [0.1, 0.15) is 25.1 Å². The number of aliphatic hydroxyl groups is 2. The van der Waals surface area contributed by atoms with Crippen molar-refractivity contribution in [3.63, 3.8) is 0 Å². The molecule has 0 saturated heterocycles. The Morgan fingerprint density at radius 2 is 1.95 bits per heavy atom. The van der Waals surface area contributed by atoms with Gasteiger partial charge in [-0.2, -0.15) is 0 Å². The third kappa shape index (κ3) is 7.21. The zero-order valence-corrected chi connectivity index (χ0v) is 23.3. The molecule has 10 nitrogen and oxygen atoms in total. The topological polar surface area (TPSA) is 135 Å². The third-order valence-corrected chi connectivity index (χ3v) is 7.54. The SMILES string of the molecule is COCC(=O)N(C1CCCCC1)C1CC(C(=O)NCCO)=CC(Oc2c(I)cc(C=O)cc2OC)C1O. The average molecular weight is 630 g/mol. The van der Waals surface area contributed by atoms with Crippen LogP contribution in [0.5, 0.6) is 11.5 Å². The Hall–Kier alpha value is -2.22. The average Bonchev–Trinajstić information content (AvgIpc) is 2.90. The normalized spacial score (nSPS) is 22.1. The smallest absolute Gasteiger partial charge is 0.249 e. The molecule has 1 fully saturated rings. The van der Waals surface area contributed by atoms with Crippen LogP contribution in [0.25, 0.3) is 0 Å². The molecule has 204 valence electrons. The van der Waals surface area contributed by atoms with E-state index in [1.807, 2.05) is 22.6 Å². The van der Waals surface area contributed by atoms with Gasteiger partial charge in [-0.15, -0.1) is 0 Å². The summed E-state index contributed by atoms with van der Waals surface area (Å²) in [6, 6.07) is 2.35. The predicted octanol–water partition coefficient (Wildman–Crippen LogP) is 1.84. The molecule has 3 rings (SSSR count). The van der Waals surface area contributed by atoms with Gasteiger partial charge in [-0.05, 0) is 53.6 Å². The fourth-order valence-corrected chi connectivity index (χ4v) is 5.78. The Morgan fingerprint density at radius 1 is 1.22 bits per heavy atom. The molecule has 3 unspecified atom stereocenters. The van der Waals surface area contributed by atoms with Gasteiger partial charge in [-0.3, -0.25) is 14.4 Å². The first kappa shape index (κ1) is 29.3. The van der Waals surface area contributed by atoms with Crippen LogP contribution in [-0.2, 0) is 14.3 Å². The van der Waals surface area contributed by atoms with Crippen LogP contribution in [0.2, 0.25) is 0 Å². The molecule has 37 heavy (non-hydrogen) atoms. The van der Waals surface area contributed by atoms with E-state index in [0.717, 1.165) is 32.1 Å². The number of nitrogens with zero attached hydrogens (tertiary/aromatic N) is 1. The Bertz CT molecular complexity index is 995. The number of carbonyl (C=O) groups excluding carboxylic acids is 3. The Labute approximate surface area is 230 Å². The Kier molecular flexibility index (Phi) is 11.2. The number of methoxy groups -OCH3 is 2. The minimum Gasteiger partial charge on any atom is -0.493 e. The molecule has 3 atom stereocenters. The number of amides is 2. The molecule has 1 aromatic rings. The van der Waals surface area contributed by atoms with Crippen molar-refractivity contribution in [3.05, 3.63) is 32.9 Å². The van der Waals surface area contributed by atoms with E-state index in [0.29, 0.717) is 32.5 Å². The number of hydrogen-bond acceptors (Lipinski definition) is 8. The van der Waals surface area contributed by atoms with Crippen molar-refractivity contribution in [2.75, 3.05) is 34.0 Å². The predicted molar refractivity (Wildman–Crippen MR) is 144 cm³/mol. The summed E-state index contributed by atoms with van der Waals surface area (Å²) in [7, 11) is 2.90. The second kappa shape index (κ2) is 14.1. The molecule has 2 amide bonds. The second-order valence-electron chi connectivity index (χ2n) is 9.19. The largest absolute Gasteiger partial charge is 0.493 e. The summed E-state index contributed by atoms with van der Waals surface area (Å²) in [4.78, 5) is 39.2. The molecule has 0 bridgehead atoms. The fourth-order valence-electron chi connectivity index (χ4n) is 5.02. The molecule has 0 radical (unpaired) electrons. The molecule has 0 heterocycles. The van der Waals surface area contributed by atoms with Crippen molar-refractivity contribution in [1.29, 1.82) is 0 Å². The molecule has 1 saturated carbocycles. The molecule has 0 spiro atoms. The minimum absolute atomic E-state index is 0.0722. The summed E-state index contributed by atoms with van der Waals surface area (Å²) in [5.41, 5.74) is 0.752. The van der Waals surface area contributed by atoms with Gasteiger partial charge < -0.3 is 34.6 Å². The van der Waals surface area contributed by atoms with Crippen molar-refractivity contribution in [2.45, 2.75) is 62.8 Å². The van der Waals surface area contributed by atoms with E-state index in [2.05, 4.69) is 5.32 Å². The van der Waals surface area contributed by atoms with Gasteiger partial charge in [0.25, 0.3) is 0 Å². The van der Waals surface area contributed by atoms with Crippen LogP contribution < -0.4 is 14.8 Å². The number of hydrogen-bond donors (Lipinski definition) is 3. The van der Waals surface area contributed by atoms with E-state index in [9.17, 15) is 24.6 Å². The number of carbonyl (C=O) groups is 3. The van der Waals surface area contributed by atoms with Crippen LogP contribution in [0.15, 0.2) is 23.8 Å². The lowest BCUT2D eigenvalue weighted by molar-refractivity contribution is -0.147. The van der Waals surface area contributed by atoms with E-state index in [1.165, 1.54) is 20.3 Å². The van der Waals surface area contributed by atoms with E-state index in [-0.39, 0.29) is 38.1 Å². The van der Waals surface area contributed by atoms with Crippen LogP contribution >= 0.6 is 22.6 Å². The summed E-state index contributed by atoms with van der Waals surface area (Å²) >= 11 is 2.02. The summed E-state index contributed by atoms with van der Waals surface area (Å²) < 4.78 is 17.4. The van der Waals surface area contributed by atoms with Crippen molar-refractivity contribution >= 4 is 40.7 Å². The van der Waals surface area contributed by atoms with Crippen molar-refractivity contribution < 1.29 is 38.8 Å². The van der Waals surface area contributed by atoms with E-state index < -0.39 is 24.2 Å². The number of ether oxygens (including phenoxy) is 3. The zero-order valence-electron chi connectivity index (χ0n) is 21.2.